The Morgan fingerprint density at radius 3 is 2.57 bits per heavy atom. The Hall–Kier alpha value is -1.46. The third-order valence-electron chi connectivity index (χ3n) is 3.43. The second-order valence-corrected chi connectivity index (χ2v) is 5.02. The number of ether oxygens (including phenoxy) is 1. The molecule has 126 valence electrons. The van der Waals surface area contributed by atoms with E-state index >= 15 is 0 Å². The first-order valence-electron chi connectivity index (χ1n) is 7.70. The molecule has 0 radical (unpaired) electrons. The maximum absolute atomic E-state index is 5.38. The van der Waals surface area contributed by atoms with Gasteiger partial charge in [0.05, 0.1) is 26.3 Å². The predicted octanol–water partition coefficient (Wildman–Crippen LogP) is 1.83. The largest absolute Gasteiger partial charge is 0.378 e. The number of anilines is 1. The summed E-state index contributed by atoms with van der Waals surface area (Å²) in [4.78, 5) is 6.87. The number of hydrogen-bond donors (Lipinski definition) is 2. The molecule has 2 rings (SSSR count). The molecule has 1 heterocycles. The Kier molecular flexibility index (Phi) is 9.48. The molecule has 1 aromatic rings. The molecule has 1 saturated heterocycles. The maximum atomic E-state index is 5.38. The Morgan fingerprint density at radius 2 is 1.96 bits per heavy atom. The third kappa shape index (κ3) is 6.67. The van der Waals surface area contributed by atoms with Gasteiger partial charge in [0.2, 0.25) is 0 Å². The number of nitrogens with zero attached hydrogens (tertiary/aromatic N) is 2. The number of rotatable bonds is 5. The van der Waals surface area contributed by atoms with Crippen molar-refractivity contribution in [1.82, 2.24) is 10.6 Å². The topological polar surface area (TPSA) is 48.9 Å². The number of hydrogen-bond acceptors (Lipinski definition) is 3. The fraction of sp³-hybridized carbons (Fsp3) is 0.471. The third-order valence-corrected chi connectivity index (χ3v) is 3.43. The molecule has 23 heavy (non-hydrogen) atoms. The van der Waals surface area contributed by atoms with Crippen molar-refractivity contribution < 1.29 is 4.74 Å². The summed E-state index contributed by atoms with van der Waals surface area (Å²) in [6.45, 7) is 7.47. The first-order valence-corrected chi connectivity index (χ1v) is 7.70. The van der Waals surface area contributed by atoms with Crippen molar-refractivity contribution in [3.8, 4) is 12.3 Å². The Balaban J connectivity index is 0.00000264. The highest BCUT2D eigenvalue weighted by atomic mass is 127. The summed E-state index contributed by atoms with van der Waals surface area (Å²) in [5.74, 6) is 3.30. The van der Waals surface area contributed by atoms with Crippen LogP contribution in [0.5, 0.6) is 0 Å². The molecule has 1 aliphatic rings. The number of aliphatic imine (C=N–C) groups is 1. The van der Waals surface area contributed by atoms with Gasteiger partial charge in [-0.1, -0.05) is 18.1 Å². The van der Waals surface area contributed by atoms with Crippen molar-refractivity contribution in [2.75, 3.05) is 44.3 Å². The minimum Gasteiger partial charge on any atom is -0.378 e. The van der Waals surface area contributed by atoms with Crippen LogP contribution in [-0.2, 0) is 11.3 Å². The van der Waals surface area contributed by atoms with Crippen molar-refractivity contribution in [2.24, 2.45) is 4.99 Å². The van der Waals surface area contributed by atoms with E-state index in [0.29, 0.717) is 13.1 Å². The number of benzene rings is 1. The first-order chi connectivity index (χ1) is 10.8. The molecule has 0 aliphatic carbocycles. The average Bonchev–Trinajstić information content (AvgIpc) is 2.58. The molecule has 5 nitrogen and oxygen atoms in total. The van der Waals surface area contributed by atoms with Gasteiger partial charge >= 0.3 is 0 Å². The van der Waals surface area contributed by atoms with Crippen LogP contribution >= 0.6 is 24.0 Å². The highest BCUT2D eigenvalue weighted by Crippen LogP contribution is 2.16. The van der Waals surface area contributed by atoms with Crippen molar-refractivity contribution in [2.45, 2.75) is 13.5 Å². The normalized spacial score (nSPS) is 14.6. The van der Waals surface area contributed by atoms with E-state index in [2.05, 4.69) is 50.7 Å². The van der Waals surface area contributed by atoms with Crippen LogP contribution in [0.4, 0.5) is 5.69 Å². The zero-order valence-corrected chi connectivity index (χ0v) is 15.9. The second kappa shape index (κ2) is 11.1. The monoisotopic (exact) mass is 428 g/mol. The van der Waals surface area contributed by atoms with E-state index < -0.39 is 0 Å². The Bertz CT molecular complexity index is 518. The van der Waals surface area contributed by atoms with Crippen LogP contribution in [0.15, 0.2) is 29.3 Å². The molecule has 0 atom stereocenters. The van der Waals surface area contributed by atoms with Crippen molar-refractivity contribution in [3.05, 3.63) is 29.8 Å². The molecule has 2 N–H and O–H groups in total. The summed E-state index contributed by atoms with van der Waals surface area (Å²) >= 11 is 0. The van der Waals surface area contributed by atoms with E-state index in [1.807, 2.05) is 6.92 Å². The molecule has 1 aliphatic heterocycles. The summed E-state index contributed by atoms with van der Waals surface area (Å²) in [5.41, 5.74) is 2.42. The molecule has 6 heteroatoms. The van der Waals surface area contributed by atoms with Crippen molar-refractivity contribution >= 4 is 35.6 Å². The number of guanidine groups is 1. The van der Waals surface area contributed by atoms with E-state index in [1.165, 1.54) is 11.3 Å². The first kappa shape index (κ1) is 19.6. The van der Waals surface area contributed by atoms with Crippen LogP contribution in [0.1, 0.15) is 12.5 Å². The van der Waals surface area contributed by atoms with Crippen LogP contribution in [0.3, 0.4) is 0 Å². The van der Waals surface area contributed by atoms with Crippen LogP contribution in [0, 0.1) is 12.3 Å². The molecular weight excluding hydrogens is 403 g/mol. The lowest BCUT2D eigenvalue weighted by molar-refractivity contribution is 0.122. The van der Waals surface area contributed by atoms with Crippen molar-refractivity contribution in [3.63, 3.8) is 0 Å². The second-order valence-electron chi connectivity index (χ2n) is 5.02. The fourth-order valence-corrected chi connectivity index (χ4v) is 2.28. The minimum atomic E-state index is 0. The summed E-state index contributed by atoms with van der Waals surface area (Å²) in [6, 6.07) is 8.55. The summed E-state index contributed by atoms with van der Waals surface area (Å²) in [5, 5.41) is 6.26. The number of halogens is 1. The molecule has 0 amide bonds. The molecule has 0 spiro atoms. The zero-order chi connectivity index (χ0) is 15.6. The van der Waals surface area contributed by atoms with Gasteiger partial charge in [-0.05, 0) is 24.6 Å². The Morgan fingerprint density at radius 1 is 1.26 bits per heavy atom. The van der Waals surface area contributed by atoms with Gasteiger partial charge in [-0.3, -0.25) is 0 Å². The van der Waals surface area contributed by atoms with Gasteiger partial charge in [-0.25, -0.2) is 4.99 Å². The summed E-state index contributed by atoms with van der Waals surface area (Å²) < 4.78 is 5.38. The molecule has 0 saturated carbocycles. The zero-order valence-electron chi connectivity index (χ0n) is 13.5. The van der Waals surface area contributed by atoms with Crippen LogP contribution < -0.4 is 15.5 Å². The van der Waals surface area contributed by atoms with Gasteiger partial charge in [0.1, 0.15) is 0 Å². The molecule has 0 bridgehead atoms. The van der Waals surface area contributed by atoms with Crippen LogP contribution in [0.2, 0.25) is 0 Å². The lowest BCUT2D eigenvalue weighted by Gasteiger charge is -2.28. The van der Waals surface area contributed by atoms with E-state index in [-0.39, 0.29) is 24.0 Å². The highest BCUT2D eigenvalue weighted by molar-refractivity contribution is 14.0. The van der Waals surface area contributed by atoms with E-state index in [1.54, 1.807) is 0 Å². The predicted molar refractivity (Wildman–Crippen MR) is 107 cm³/mol. The van der Waals surface area contributed by atoms with E-state index in [0.717, 1.165) is 38.8 Å². The van der Waals surface area contributed by atoms with Gasteiger partial charge < -0.3 is 20.3 Å². The summed E-state index contributed by atoms with van der Waals surface area (Å²) in [7, 11) is 0. The van der Waals surface area contributed by atoms with Crippen LogP contribution in [0.25, 0.3) is 0 Å². The van der Waals surface area contributed by atoms with E-state index in [9.17, 15) is 0 Å². The molecule has 1 fully saturated rings. The smallest absolute Gasteiger partial charge is 0.192 e. The van der Waals surface area contributed by atoms with Gasteiger partial charge in [-0.2, -0.15) is 0 Å². The standard InChI is InChI=1S/C17H24N4O.HI/c1-3-9-19-17(18-4-2)20-14-15-5-7-16(8-6-15)21-10-12-22-13-11-21;/h1,5-8H,4,9-14H2,2H3,(H2,18,19,20);1H. The van der Waals surface area contributed by atoms with Crippen molar-refractivity contribution in [1.29, 1.82) is 0 Å². The van der Waals surface area contributed by atoms with Gasteiger partial charge in [0, 0.05) is 25.3 Å². The highest BCUT2D eigenvalue weighted by Gasteiger charge is 2.10. The Labute approximate surface area is 155 Å². The van der Waals surface area contributed by atoms with Gasteiger partial charge in [0.15, 0.2) is 5.96 Å². The average molecular weight is 428 g/mol. The maximum Gasteiger partial charge on any atom is 0.192 e. The molecular formula is C17H25IN4O. The lowest BCUT2D eigenvalue weighted by Crippen LogP contribution is -2.37. The quantitative estimate of drug-likeness (QED) is 0.325. The summed E-state index contributed by atoms with van der Waals surface area (Å²) in [6.07, 6.45) is 5.26. The molecule has 1 aromatic carbocycles. The van der Waals surface area contributed by atoms with Gasteiger partial charge in [0.25, 0.3) is 0 Å². The lowest BCUT2D eigenvalue weighted by atomic mass is 10.2. The van der Waals surface area contributed by atoms with Gasteiger partial charge in [-0.15, -0.1) is 30.4 Å². The fourth-order valence-electron chi connectivity index (χ4n) is 2.28. The van der Waals surface area contributed by atoms with Crippen LogP contribution in [-0.4, -0.2) is 45.4 Å². The molecule has 0 aromatic heterocycles. The SMILES string of the molecule is C#CCNC(=NCc1ccc(N2CCOCC2)cc1)NCC.I. The minimum absolute atomic E-state index is 0. The number of morpholine rings is 1. The number of terminal acetylenes is 1. The molecule has 0 unspecified atom stereocenters. The van der Waals surface area contributed by atoms with E-state index in [4.69, 9.17) is 11.2 Å². The number of nitrogens with one attached hydrogen (secondary N) is 2.